The predicted molar refractivity (Wildman–Crippen MR) is 59.6 cm³/mol. The van der Waals surface area contributed by atoms with Crippen LogP contribution in [-0.4, -0.2) is 35.5 Å². The number of ether oxygens (including phenoxy) is 2. The average molecular weight is 264 g/mol. The van der Waals surface area contributed by atoms with Gasteiger partial charge in [-0.1, -0.05) is 0 Å². The maximum atomic E-state index is 10.9. The van der Waals surface area contributed by atoms with Gasteiger partial charge in [0.1, 0.15) is 5.76 Å². The Morgan fingerprint density at radius 1 is 1.41 bits per heavy atom. The molecule has 17 heavy (non-hydrogen) atoms. The number of methoxy groups -OCH3 is 2. The van der Waals surface area contributed by atoms with Crippen LogP contribution in [-0.2, 0) is 26.0 Å². The molecule has 0 atom stereocenters. The summed E-state index contributed by atoms with van der Waals surface area (Å²) in [6, 6.07) is 2.86. The van der Waals surface area contributed by atoms with Crippen molar-refractivity contribution in [3.05, 3.63) is 17.9 Å². The molecule has 0 radical (unpaired) electrons. The Balaban J connectivity index is 2.46. The molecule has 1 aromatic rings. The molecular formula is C9H16N2O5S. The fraction of sp³-hybridized carbons (Fsp3) is 0.556. The fourth-order valence-corrected chi connectivity index (χ4v) is 1.66. The van der Waals surface area contributed by atoms with E-state index < -0.39 is 10.0 Å². The summed E-state index contributed by atoms with van der Waals surface area (Å²) < 4.78 is 36.9. The highest BCUT2D eigenvalue weighted by Crippen LogP contribution is 2.11. The first-order valence-corrected chi connectivity index (χ1v) is 6.40. The van der Waals surface area contributed by atoms with Crippen LogP contribution in [0.15, 0.2) is 21.6 Å². The minimum Gasteiger partial charge on any atom is -0.447 e. The van der Waals surface area contributed by atoms with Gasteiger partial charge in [0, 0.05) is 20.8 Å². The molecular weight excluding hydrogens is 248 g/mol. The van der Waals surface area contributed by atoms with Crippen molar-refractivity contribution in [2.45, 2.75) is 17.9 Å². The number of nitrogens with one attached hydrogen (secondary N) is 1. The molecule has 0 amide bonds. The van der Waals surface area contributed by atoms with E-state index in [9.17, 15) is 8.42 Å². The van der Waals surface area contributed by atoms with Crippen molar-refractivity contribution >= 4 is 10.0 Å². The van der Waals surface area contributed by atoms with E-state index in [2.05, 4.69) is 5.32 Å². The maximum absolute atomic E-state index is 10.9. The van der Waals surface area contributed by atoms with E-state index in [0.29, 0.717) is 18.8 Å². The molecule has 0 bridgehead atoms. The molecule has 0 aromatic carbocycles. The van der Waals surface area contributed by atoms with Gasteiger partial charge in [0.2, 0.25) is 5.09 Å². The molecule has 98 valence electrons. The van der Waals surface area contributed by atoms with Gasteiger partial charge >= 0.3 is 0 Å². The van der Waals surface area contributed by atoms with E-state index in [1.54, 1.807) is 6.07 Å². The third kappa shape index (κ3) is 4.44. The first-order valence-electron chi connectivity index (χ1n) is 4.85. The molecule has 0 aliphatic carbocycles. The Bertz CT molecular complexity index is 438. The summed E-state index contributed by atoms with van der Waals surface area (Å²) in [6.07, 6.45) is -0.359. The lowest BCUT2D eigenvalue weighted by atomic mass is 10.4. The second-order valence-corrected chi connectivity index (χ2v) is 4.79. The summed E-state index contributed by atoms with van der Waals surface area (Å²) in [5, 5.41) is 7.65. The van der Waals surface area contributed by atoms with Crippen molar-refractivity contribution in [3.63, 3.8) is 0 Å². The molecule has 0 saturated heterocycles. The van der Waals surface area contributed by atoms with Crippen LogP contribution in [0.5, 0.6) is 0 Å². The summed E-state index contributed by atoms with van der Waals surface area (Å²) in [4.78, 5) is 0. The topological polar surface area (TPSA) is 104 Å². The first-order chi connectivity index (χ1) is 7.97. The molecule has 0 fully saturated rings. The van der Waals surface area contributed by atoms with E-state index >= 15 is 0 Å². The lowest BCUT2D eigenvalue weighted by Gasteiger charge is -2.13. The van der Waals surface area contributed by atoms with E-state index in [-0.39, 0.29) is 11.4 Å². The van der Waals surface area contributed by atoms with Crippen LogP contribution in [0.2, 0.25) is 0 Å². The second-order valence-electron chi connectivity index (χ2n) is 3.30. The Morgan fingerprint density at radius 2 is 2.06 bits per heavy atom. The van der Waals surface area contributed by atoms with Crippen molar-refractivity contribution in [3.8, 4) is 0 Å². The van der Waals surface area contributed by atoms with Crippen LogP contribution in [0.4, 0.5) is 0 Å². The number of furan rings is 1. The number of hydrogen-bond donors (Lipinski definition) is 2. The molecule has 3 N–H and O–H groups in total. The minimum absolute atomic E-state index is 0.246. The number of primary sulfonamides is 1. The van der Waals surface area contributed by atoms with Crippen LogP contribution in [0.25, 0.3) is 0 Å². The fourth-order valence-electron chi connectivity index (χ4n) is 1.18. The van der Waals surface area contributed by atoms with E-state index in [4.69, 9.17) is 19.0 Å². The lowest BCUT2D eigenvalue weighted by Crippen LogP contribution is -2.29. The largest absolute Gasteiger partial charge is 0.447 e. The molecule has 1 heterocycles. The van der Waals surface area contributed by atoms with Gasteiger partial charge in [-0.25, -0.2) is 13.6 Å². The highest BCUT2D eigenvalue weighted by atomic mass is 32.2. The van der Waals surface area contributed by atoms with E-state index in [1.807, 2.05) is 0 Å². The zero-order valence-corrected chi connectivity index (χ0v) is 10.5. The summed E-state index contributed by atoms with van der Waals surface area (Å²) in [5.74, 6) is 0.472. The van der Waals surface area contributed by atoms with Crippen molar-refractivity contribution in [2.75, 3.05) is 20.8 Å². The molecule has 7 nitrogen and oxygen atoms in total. The smallest absolute Gasteiger partial charge is 0.271 e. The highest BCUT2D eigenvalue weighted by Gasteiger charge is 2.13. The van der Waals surface area contributed by atoms with Crippen molar-refractivity contribution in [1.29, 1.82) is 0 Å². The van der Waals surface area contributed by atoms with E-state index in [0.717, 1.165) is 0 Å². The van der Waals surface area contributed by atoms with Gasteiger partial charge in [0.25, 0.3) is 10.0 Å². The van der Waals surface area contributed by atoms with Gasteiger partial charge in [0.15, 0.2) is 6.29 Å². The van der Waals surface area contributed by atoms with Crippen LogP contribution >= 0.6 is 0 Å². The van der Waals surface area contributed by atoms with Crippen LogP contribution in [0, 0.1) is 0 Å². The van der Waals surface area contributed by atoms with Crippen molar-refractivity contribution in [2.24, 2.45) is 5.14 Å². The number of sulfonamides is 1. The maximum Gasteiger partial charge on any atom is 0.271 e. The van der Waals surface area contributed by atoms with Crippen LogP contribution in [0.1, 0.15) is 5.76 Å². The molecule has 1 rings (SSSR count). The number of nitrogens with two attached hydrogens (primary N) is 1. The van der Waals surface area contributed by atoms with Gasteiger partial charge in [-0.3, -0.25) is 0 Å². The number of hydrogen-bond acceptors (Lipinski definition) is 6. The Labute approximate surface area is 99.9 Å². The van der Waals surface area contributed by atoms with Crippen LogP contribution in [0.3, 0.4) is 0 Å². The number of rotatable bonds is 7. The zero-order chi connectivity index (χ0) is 12.9. The lowest BCUT2D eigenvalue weighted by molar-refractivity contribution is -0.0990. The summed E-state index contributed by atoms with van der Waals surface area (Å²) in [7, 11) is -0.717. The normalized spacial score (nSPS) is 12.2. The van der Waals surface area contributed by atoms with Gasteiger partial charge in [-0.2, -0.15) is 0 Å². The molecule has 0 aliphatic rings. The van der Waals surface area contributed by atoms with Gasteiger partial charge in [-0.05, 0) is 12.1 Å². The standard InChI is InChI=1S/C9H16N2O5S/c1-14-8(15-2)6-11-5-7-3-4-9(16-7)17(10,12)13/h3-4,8,11H,5-6H2,1-2H3,(H2,10,12,13). The molecule has 1 aromatic heterocycles. The third-order valence-corrected chi connectivity index (χ3v) is 2.83. The van der Waals surface area contributed by atoms with Gasteiger partial charge in [0.05, 0.1) is 6.54 Å². The second kappa shape index (κ2) is 6.12. The highest BCUT2D eigenvalue weighted by molar-refractivity contribution is 7.89. The minimum atomic E-state index is -3.78. The summed E-state index contributed by atoms with van der Waals surface area (Å²) in [5.41, 5.74) is 0. The molecule has 0 spiro atoms. The Morgan fingerprint density at radius 3 is 2.53 bits per heavy atom. The predicted octanol–water partition coefficient (Wildman–Crippen LogP) is -0.364. The average Bonchev–Trinajstić information content (AvgIpc) is 2.73. The zero-order valence-electron chi connectivity index (χ0n) is 9.67. The van der Waals surface area contributed by atoms with E-state index in [1.165, 1.54) is 20.3 Å². The monoisotopic (exact) mass is 264 g/mol. The molecule has 0 saturated carbocycles. The van der Waals surface area contributed by atoms with Crippen molar-refractivity contribution < 1.29 is 22.3 Å². The SMILES string of the molecule is COC(CNCc1ccc(S(N)(=O)=O)o1)OC. The summed E-state index contributed by atoms with van der Waals surface area (Å²) >= 11 is 0. The molecule has 8 heteroatoms. The Kier molecular flexibility index (Phi) is 5.09. The molecule has 0 aliphatic heterocycles. The quantitative estimate of drug-likeness (QED) is 0.651. The van der Waals surface area contributed by atoms with Gasteiger partial charge < -0.3 is 19.2 Å². The molecule has 0 unspecified atom stereocenters. The first kappa shape index (κ1) is 14.1. The van der Waals surface area contributed by atoms with Crippen molar-refractivity contribution in [1.82, 2.24) is 5.32 Å². The third-order valence-electron chi connectivity index (χ3n) is 2.05. The summed E-state index contributed by atoms with van der Waals surface area (Å²) in [6.45, 7) is 0.817. The van der Waals surface area contributed by atoms with Crippen LogP contribution < -0.4 is 10.5 Å². The van der Waals surface area contributed by atoms with Gasteiger partial charge in [-0.15, -0.1) is 0 Å². The Hall–Kier alpha value is -0.930.